The lowest BCUT2D eigenvalue weighted by atomic mass is 9.90. The van der Waals surface area contributed by atoms with Crippen LogP contribution in [-0.2, 0) is 14.3 Å². The zero-order chi connectivity index (χ0) is 18.9. The molecule has 2 heterocycles. The second kappa shape index (κ2) is 7.23. The van der Waals surface area contributed by atoms with Gasteiger partial charge >= 0.3 is 11.9 Å². The Balaban J connectivity index is 2.05. The summed E-state index contributed by atoms with van der Waals surface area (Å²) in [5.74, 6) is -0.668. The number of carbonyl (C=O) groups is 2. The number of ether oxygens (including phenoxy) is 2. The van der Waals surface area contributed by atoms with Gasteiger partial charge in [-0.2, -0.15) is 0 Å². The lowest BCUT2D eigenvalue weighted by Gasteiger charge is -2.25. The topological polar surface area (TPSA) is 68.7 Å². The number of hydrogen-bond donors (Lipinski definition) is 0. The highest BCUT2D eigenvalue weighted by molar-refractivity contribution is 9.10. The monoisotopic (exact) mass is 420 g/mol. The molecule has 1 unspecified atom stereocenters. The second-order valence-electron chi connectivity index (χ2n) is 6.63. The Hall–Kier alpha value is -2.15. The van der Waals surface area contributed by atoms with Gasteiger partial charge < -0.3 is 14.4 Å². The molecule has 0 radical (unpaired) electrons. The van der Waals surface area contributed by atoms with Crippen molar-refractivity contribution in [2.45, 2.75) is 20.3 Å². The Morgan fingerprint density at radius 2 is 2.12 bits per heavy atom. The highest BCUT2D eigenvalue weighted by Gasteiger charge is 2.42. The minimum absolute atomic E-state index is 0.185. The van der Waals surface area contributed by atoms with Gasteiger partial charge in [-0.1, -0.05) is 15.9 Å². The number of nitrogens with zero attached hydrogens (tertiary/aromatic N) is 2. The van der Waals surface area contributed by atoms with Gasteiger partial charge in [-0.05, 0) is 44.5 Å². The number of halogens is 1. The number of rotatable bonds is 4. The van der Waals surface area contributed by atoms with Crippen LogP contribution in [0.3, 0.4) is 0 Å². The molecule has 6 nitrogen and oxygen atoms in total. The molecule has 1 saturated heterocycles. The second-order valence-corrected chi connectivity index (χ2v) is 7.55. The summed E-state index contributed by atoms with van der Waals surface area (Å²) >= 11 is 3.49. The summed E-state index contributed by atoms with van der Waals surface area (Å²) in [5.41, 5.74) is 1.26. The van der Waals surface area contributed by atoms with Crippen LogP contribution in [0.2, 0.25) is 0 Å². The van der Waals surface area contributed by atoms with E-state index >= 15 is 0 Å². The van der Waals surface area contributed by atoms with E-state index in [4.69, 9.17) is 9.47 Å². The zero-order valence-electron chi connectivity index (χ0n) is 15.0. The first-order chi connectivity index (χ1) is 12.4. The minimum Gasteiger partial charge on any atom is -0.466 e. The first-order valence-electron chi connectivity index (χ1n) is 8.49. The van der Waals surface area contributed by atoms with Crippen molar-refractivity contribution in [3.05, 3.63) is 34.4 Å². The van der Waals surface area contributed by atoms with Crippen molar-refractivity contribution in [1.29, 1.82) is 0 Å². The van der Waals surface area contributed by atoms with Gasteiger partial charge in [-0.15, -0.1) is 0 Å². The zero-order valence-corrected chi connectivity index (χ0v) is 16.6. The van der Waals surface area contributed by atoms with E-state index in [0.717, 1.165) is 15.5 Å². The molecule has 1 fully saturated rings. The van der Waals surface area contributed by atoms with Crippen molar-refractivity contribution < 1.29 is 19.1 Å². The van der Waals surface area contributed by atoms with Gasteiger partial charge in [0.1, 0.15) is 0 Å². The normalized spacial score (nSPS) is 19.6. The lowest BCUT2D eigenvalue weighted by molar-refractivity contribution is -0.153. The van der Waals surface area contributed by atoms with Crippen LogP contribution in [0.1, 0.15) is 30.8 Å². The molecule has 1 aromatic carbocycles. The fraction of sp³-hybridized carbons (Fsp3) is 0.421. The van der Waals surface area contributed by atoms with Crippen LogP contribution < -0.4 is 4.90 Å². The number of carbonyl (C=O) groups excluding carboxylic acids is 2. The summed E-state index contributed by atoms with van der Waals surface area (Å²) in [5, 5.41) is 0.917. The number of benzene rings is 1. The van der Waals surface area contributed by atoms with Gasteiger partial charge in [0.2, 0.25) is 0 Å². The summed E-state index contributed by atoms with van der Waals surface area (Å²) < 4.78 is 11.0. The van der Waals surface area contributed by atoms with Crippen molar-refractivity contribution in [2.24, 2.45) is 5.41 Å². The first kappa shape index (κ1) is 18.6. The van der Waals surface area contributed by atoms with Crippen LogP contribution in [0.4, 0.5) is 5.69 Å². The van der Waals surface area contributed by atoms with Gasteiger partial charge in [0, 0.05) is 28.6 Å². The summed E-state index contributed by atoms with van der Waals surface area (Å²) in [4.78, 5) is 30.9. The van der Waals surface area contributed by atoms with E-state index in [2.05, 4.69) is 25.8 Å². The predicted octanol–water partition coefficient (Wildman–Crippen LogP) is 3.56. The molecule has 26 heavy (non-hydrogen) atoms. The number of hydrogen-bond acceptors (Lipinski definition) is 6. The number of fused-ring (bicyclic) bond motifs is 1. The smallest absolute Gasteiger partial charge is 0.356 e. The van der Waals surface area contributed by atoms with Gasteiger partial charge in [-0.3, -0.25) is 4.79 Å². The molecule has 0 N–H and O–H groups in total. The highest BCUT2D eigenvalue weighted by atomic mass is 79.9. The molecule has 0 bridgehead atoms. The third kappa shape index (κ3) is 3.40. The van der Waals surface area contributed by atoms with Crippen LogP contribution in [0, 0.1) is 5.41 Å². The molecule has 138 valence electrons. The van der Waals surface area contributed by atoms with Gasteiger partial charge in [0.15, 0.2) is 5.69 Å². The Labute approximate surface area is 160 Å². The highest BCUT2D eigenvalue weighted by Crippen LogP contribution is 2.38. The van der Waals surface area contributed by atoms with Gasteiger partial charge in [0.25, 0.3) is 0 Å². The number of esters is 2. The van der Waals surface area contributed by atoms with E-state index < -0.39 is 11.4 Å². The summed E-state index contributed by atoms with van der Waals surface area (Å²) in [6, 6.07) is 7.44. The molecular formula is C19H21BrN2O4. The molecule has 0 amide bonds. The summed E-state index contributed by atoms with van der Waals surface area (Å²) in [6.07, 6.45) is 0.692. The van der Waals surface area contributed by atoms with Gasteiger partial charge in [0.05, 0.1) is 24.6 Å². The van der Waals surface area contributed by atoms with Gasteiger partial charge in [-0.25, -0.2) is 9.78 Å². The number of anilines is 1. The largest absolute Gasteiger partial charge is 0.466 e. The molecule has 3 rings (SSSR count). The molecule has 2 aromatic rings. The van der Waals surface area contributed by atoms with Crippen LogP contribution in [0.15, 0.2) is 28.7 Å². The number of pyridine rings is 1. The third-order valence-corrected chi connectivity index (χ3v) is 5.22. The predicted molar refractivity (Wildman–Crippen MR) is 102 cm³/mol. The number of aromatic nitrogens is 1. The average molecular weight is 421 g/mol. The van der Waals surface area contributed by atoms with E-state index in [-0.39, 0.29) is 11.7 Å². The van der Waals surface area contributed by atoms with Crippen LogP contribution >= 0.6 is 15.9 Å². The van der Waals surface area contributed by atoms with E-state index in [1.54, 1.807) is 6.07 Å². The van der Waals surface area contributed by atoms with Crippen molar-refractivity contribution in [3.63, 3.8) is 0 Å². The maximum Gasteiger partial charge on any atom is 0.356 e. The fourth-order valence-corrected chi connectivity index (χ4v) is 3.65. The summed E-state index contributed by atoms with van der Waals surface area (Å²) in [6.45, 7) is 5.32. The van der Waals surface area contributed by atoms with Crippen LogP contribution in [-0.4, -0.2) is 43.7 Å². The minimum atomic E-state index is -0.566. The molecule has 0 saturated carbocycles. The first-order valence-corrected chi connectivity index (χ1v) is 9.28. The lowest BCUT2D eigenvalue weighted by Crippen LogP contribution is -2.33. The van der Waals surface area contributed by atoms with Crippen LogP contribution in [0.25, 0.3) is 10.9 Å². The van der Waals surface area contributed by atoms with Crippen LogP contribution in [0.5, 0.6) is 0 Å². The maximum atomic E-state index is 12.3. The maximum absolute atomic E-state index is 12.3. The van der Waals surface area contributed by atoms with E-state index in [1.165, 1.54) is 7.11 Å². The molecule has 1 aromatic heterocycles. The van der Waals surface area contributed by atoms with E-state index in [9.17, 15) is 9.59 Å². The summed E-state index contributed by atoms with van der Waals surface area (Å²) in [7, 11) is 1.34. The molecule has 1 aliphatic rings. The third-order valence-electron chi connectivity index (χ3n) is 4.73. The SMILES string of the molecule is CCOC(=O)C1(C)CCN(c2cc(C(=O)OC)nc3ccc(Br)cc23)C1. The molecule has 1 aliphatic heterocycles. The molecule has 0 spiro atoms. The Kier molecular flexibility index (Phi) is 5.18. The van der Waals surface area contributed by atoms with E-state index in [1.807, 2.05) is 32.0 Å². The molecule has 0 aliphatic carbocycles. The molecule has 1 atom stereocenters. The van der Waals surface area contributed by atoms with E-state index in [0.29, 0.717) is 31.6 Å². The Morgan fingerprint density at radius 3 is 2.81 bits per heavy atom. The Bertz CT molecular complexity index is 870. The quantitative estimate of drug-likeness (QED) is 0.704. The standard InChI is InChI=1S/C19H21BrN2O4/c1-4-26-18(24)19(2)7-8-22(11-19)16-10-15(17(23)25-3)21-14-6-5-12(20)9-13(14)16/h5-6,9-10H,4,7-8,11H2,1-3H3. The van der Waals surface area contributed by atoms with Crippen molar-refractivity contribution >= 4 is 44.5 Å². The molecule has 7 heteroatoms. The Morgan fingerprint density at radius 1 is 1.35 bits per heavy atom. The molecular weight excluding hydrogens is 400 g/mol. The van der Waals surface area contributed by atoms with Crippen molar-refractivity contribution in [2.75, 3.05) is 31.7 Å². The average Bonchev–Trinajstić information content (AvgIpc) is 3.04. The van der Waals surface area contributed by atoms with Crippen molar-refractivity contribution in [1.82, 2.24) is 4.98 Å². The number of methoxy groups -OCH3 is 1. The fourth-order valence-electron chi connectivity index (χ4n) is 3.29. The van der Waals surface area contributed by atoms with Crippen molar-refractivity contribution in [3.8, 4) is 0 Å².